The fourth-order valence-electron chi connectivity index (χ4n) is 2.62. The number of Topliss-reactive ketones (excluding diaryl/α,β-unsaturated/α-hetero) is 1. The van der Waals surface area contributed by atoms with E-state index in [4.69, 9.17) is 0 Å². The molecular formula is C16H15N3O2. The van der Waals surface area contributed by atoms with Gasteiger partial charge in [0.05, 0.1) is 11.3 Å². The summed E-state index contributed by atoms with van der Waals surface area (Å²) < 4.78 is 0. The molecule has 0 spiro atoms. The number of aromatic nitrogens is 2. The van der Waals surface area contributed by atoms with E-state index in [1.54, 1.807) is 0 Å². The molecule has 2 aromatic rings. The van der Waals surface area contributed by atoms with Crippen molar-refractivity contribution >= 4 is 17.6 Å². The van der Waals surface area contributed by atoms with Crippen molar-refractivity contribution in [2.24, 2.45) is 0 Å². The molecule has 0 aliphatic heterocycles. The quantitative estimate of drug-likeness (QED) is 0.917. The summed E-state index contributed by atoms with van der Waals surface area (Å²) in [5, 5.41) is 2.55. The second-order valence-corrected chi connectivity index (χ2v) is 5.17. The Balaban J connectivity index is 1.92. The molecule has 5 nitrogen and oxygen atoms in total. The largest absolute Gasteiger partial charge is 0.295 e. The topological polar surface area (TPSA) is 72.0 Å². The van der Waals surface area contributed by atoms with E-state index in [1.807, 2.05) is 30.3 Å². The summed E-state index contributed by atoms with van der Waals surface area (Å²) in [6.07, 6.45) is 2.66. The Morgan fingerprint density at radius 1 is 1.24 bits per heavy atom. The summed E-state index contributed by atoms with van der Waals surface area (Å²) in [6, 6.07) is 9.95. The van der Waals surface area contributed by atoms with Gasteiger partial charge in [-0.05, 0) is 17.9 Å². The Morgan fingerprint density at radius 2 is 2.00 bits per heavy atom. The number of amides is 1. The van der Waals surface area contributed by atoms with Crippen molar-refractivity contribution in [1.29, 1.82) is 0 Å². The van der Waals surface area contributed by atoms with E-state index < -0.39 is 0 Å². The van der Waals surface area contributed by atoms with Crippen LogP contribution in [0.2, 0.25) is 0 Å². The van der Waals surface area contributed by atoms with Crippen LogP contribution in [0.25, 0.3) is 0 Å². The molecule has 0 saturated carbocycles. The van der Waals surface area contributed by atoms with E-state index in [2.05, 4.69) is 15.3 Å². The summed E-state index contributed by atoms with van der Waals surface area (Å²) in [6.45, 7) is 1.40. The molecule has 0 saturated heterocycles. The number of rotatable bonds is 2. The first kappa shape index (κ1) is 13.4. The molecule has 0 fully saturated rings. The van der Waals surface area contributed by atoms with Crippen molar-refractivity contribution in [1.82, 2.24) is 9.97 Å². The first-order valence-electron chi connectivity index (χ1n) is 6.85. The Labute approximate surface area is 122 Å². The Morgan fingerprint density at radius 3 is 2.71 bits per heavy atom. The molecule has 1 amide bonds. The number of hydrogen-bond acceptors (Lipinski definition) is 4. The smallest absolute Gasteiger partial charge is 0.229 e. The maximum atomic E-state index is 12.2. The molecule has 1 aliphatic rings. The van der Waals surface area contributed by atoms with E-state index in [0.29, 0.717) is 24.1 Å². The van der Waals surface area contributed by atoms with E-state index in [9.17, 15) is 9.59 Å². The van der Waals surface area contributed by atoms with Crippen LogP contribution in [-0.4, -0.2) is 21.7 Å². The summed E-state index contributed by atoms with van der Waals surface area (Å²) in [7, 11) is 0. The molecule has 0 bridgehead atoms. The van der Waals surface area contributed by atoms with Gasteiger partial charge in [0.1, 0.15) is 0 Å². The molecule has 1 aliphatic carbocycles. The Hall–Kier alpha value is -2.56. The van der Waals surface area contributed by atoms with Crippen molar-refractivity contribution < 1.29 is 9.59 Å². The lowest BCUT2D eigenvalue weighted by molar-refractivity contribution is -0.114. The minimum atomic E-state index is -0.225. The molecular weight excluding hydrogens is 266 g/mol. The first-order valence-corrected chi connectivity index (χ1v) is 6.85. The highest BCUT2D eigenvalue weighted by molar-refractivity contribution is 5.98. The van der Waals surface area contributed by atoms with Crippen LogP contribution >= 0.6 is 0 Å². The van der Waals surface area contributed by atoms with Crippen molar-refractivity contribution in [3.63, 3.8) is 0 Å². The minimum absolute atomic E-state index is 0.0551. The fourth-order valence-corrected chi connectivity index (χ4v) is 2.62. The lowest BCUT2D eigenvalue weighted by Gasteiger charge is -2.23. The number of carbonyl (C=O) groups is 2. The number of ketones is 1. The van der Waals surface area contributed by atoms with E-state index in [1.165, 1.54) is 13.1 Å². The second kappa shape index (κ2) is 5.44. The van der Waals surface area contributed by atoms with Gasteiger partial charge < -0.3 is 0 Å². The number of hydrogen-bond donors (Lipinski definition) is 1. The van der Waals surface area contributed by atoms with Crippen LogP contribution in [0, 0.1) is 0 Å². The molecule has 21 heavy (non-hydrogen) atoms. The maximum absolute atomic E-state index is 12.2. The van der Waals surface area contributed by atoms with Gasteiger partial charge in [0.2, 0.25) is 11.9 Å². The Kier molecular flexibility index (Phi) is 3.48. The maximum Gasteiger partial charge on any atom is 0.229 e. The molecule has 5 heteroatoms. The van der Waals surface area contributed by atoms with Gasteiger partial charge in [0.15, 0.2) is 5.78 Å². The summed E-state index contributed by atoms with van der Waals surface area (Å²) >= 11 is 0. The van der Waals surface area contributed by atoms with Gasteiger partial charge >= 0.3 is 0 Å². The number of fused-ring (bicyclic) bond motifs is 1. The number of nitrogens with one attached hydrogen (secondary N) is 1. The third-order valence-electron chi connectivity index (χ3n) is 3.60. The standard InChI is InChI=1S/C16H15N3O2/c1-10(20)18-16-17-9-13-14(19-16)7-12(8-15(13)21)11-5-3-2-4-6-11/h2-6,9,12H,7-8H2,1H3,(H,17,18,19,20)/t12-/m0/s1. The van der Waals surface area contributed by atoms with E-state index in [-0.39, 0.29) is 23.6 Å². The van der Waals surface area contributed by atoms with E-state index >= 15 is 0 Å². The number of carbonyl (C=O) groups excluding carboxylic acids is 2. The van der Waals surface area contributed by atoms with Crippen LogP contribution in [0.3, 0.4) is 0 Å². The van der Waals surface area contributed by atoms with Crippen molar-refractivity contribution in [2.75, 3.05) is 5.32 Å². The average Bonchev–Trinajstić information content (AvgIpc) is 2.47. The third-order valence-corrected chi connectivity index (χ3v) is 3.60. The molecule has 0 unspecified atom stereocenters. The molecule has 3 rings (SSSR count). The van der Waals surface area contributed by atoms with E-state index in [0.717, 1.165) is 5.56 Å². The lowest BCUT2D eigenvalue weighted by atomic mass is 9.82. The molecule has 106 valence electrons. The fraction of sp³-hybridized carbons (Fsp3) is 0.250. The zero-order valence-electron chi connectivity index (χ0n) is 11.7. The van der Waals surface area contributed by atoms with Crippen LogP contribution in [0.4, 0.5) is 5.95 Å². The van der Waals surface area contributed by atoms with Crippen molar-refractivity contribution in [3.8, 4) is 0 Å². The molecule has 1 atom stereocenters. The van der Waals surface area contributed by atoms with Crippen molar-refractivity contribution in [2.45, 2.75) is 25.7 Å². The Bertz CT molecular complexity index is 698. The van der Waals surface area contributed by atoms with Crippen LogP contribution in [-0.2, 0) is 11.2 Å². The molecule has 1 N–H and O–H groups in total. The molecule has 0 radical (unpaired) electrons. The highest BCUT2D eigenvalue weighted by atomic mass is 16.1. The van der Waals surface area contributed by atoms with Crippen LogP contribution < -0.4 is 5.32 Å². The summed E-state index contributed by atoms with van der Waals surface area (Å²) in [5.41, 5.74) is 2.41. The number of benzene rings is 1. The zero-order chi connectivity index (χ0) is 14.8. The molecule has 1 heterocycles. The highest BCUT2D eigenvalue weighted by Gasteiger charge is 2.27. The monoisotopic (exact) mass is 281 g/mol. The SMILES string of the molecule is CC(=O)Nc1ncc2c(n1)C[C@H](c1ccccc1)CC2=O. The summed E-state index contributed by atoms with van der Waals surface area (Å²) in [5.74, 6) is 0.213. The second-order valence-electron chi connectivity index (χ2n) is 5.17. The summed E-state index contributed by atoms with van der Waals surface area (Å²) in [4.78, 5) is 31.6. The third kappa shape index (κ3) is 2.81. The normalized spacial score (nSPS) is 17.2. The number of nitrogens with zero attached hydrogens (tertiary/aromatic N) is 2. The van der Waals surface area contributed by atoms with Crippen LogP contribution in [0.5, 0.6) is 0 Å². The van der Waals surface area contributed by atoms with Gasteiger partial charge in [0, 0.05) is 19.5 Å². The van der Waals surface area contributed by atoms with Gasteiger partial charge in [0.25, 0.3) is 0 Å². The van der Waals surface area contributed by atoms with Crippen LogP contribution in [0.1, 0.15) is 40.9 Å². The van der Waals surface area contributed by atoms with Gasteiger partial charge in [-0.25, -0.2) is 9.97 Å². The van der Waals surface area contributed by atoms with Gasteiger partial charge in [-0.2, -0.15) is 0 Å². The van der Waals surface area contributed by atoms with Gasteiger partial charge in [-0.3, -0.25) is 14.9 Å². The molecule has 1 aromatic heterocycles. The minimum Gasteiger partial charge on any atom is -0.295 e. The van der Waals surface area contributed by atoms with Gasteiger partial charge in [-0.1, -0.05) is 30.3 Å². The predicted molar refractivity (Wildman–Crippen MR) is 78.2 cm³/mol. The number of anilines is 1. The van der Waals surface area contributed by atoms with Gasteiger partial charge in [-0.15, -0.1) is 0 Å². The zero-order valence-corrected chi connectivity index (χ0v) is 11.7. The van der Waals surface area contributed by atoms with Crippen molar-refractivity contribution in [3.05, 3.63) is 53.3 Å². The van der Waals surface area contributed by atoms with Crippen LogP contribution in [0.15, 0.2) is 36.5 Å². The highest BCUT2D eigenvalue weighted by Crippen LogP contribution is 2.31. The average molecular weight is 281 g/mol. The first-order chi connectivity index (χ1) is 10.1. The molecule has 1 aromatic carbocycles. The lowest BCUT2D eigenvalue weighted by Crippen LogP contribution is -2.22. The predicted octanol–water partition coefficient (Wildman–Crippen LogP) is 2.35.